The molecule has 0 aliphatic heterocycles. The molecule has 1 aromatic carbocycles. The van der Waals surface area contributed by atoms with Crippen molar-refractivity contribution in [1.82, 2.24) is 0 Å². The molecular weight excluding hydrogens is 318 g/mol. The van der Waals surface area contributed by atoms with E-state index >= 15 is 0 Å². The Morgan fingerprint density at radius 3 is 2.35 bits per heavy atom. The third kappa shape index (κ3) is 3.98. The van der Waals surface area contributed by atoms with Gasteiger partial charge in [-0.15, -0.1) is 0 Å². The molecule has 1 rings (SSSR count). The lowest BCUT2D eigenvalue weighted by Crippen LogP contribution is -2.38. The lowest BCUT2D eigenvalue weighted by molar-refractivity contribution is 0.0696. The summed E-state index contributed by atoms with van der Waals surface area (Å²) in [7, 11) is 0. The van der Waals surface area contributed by atoms with Gasteiger partial charge in [-0.3, -0.25) is 0 Å². The zero-order valence-electron chi connectivity index (χ0n) is 12.7. The molecule has 4 heteroatoms. The average molecular weight is 342 g/mol. The van der Waals surface area contributed by atoms with Crippen molar-refractivity contribution < 1.29 is 9.90 Å². The van der Waals surface area contributed by atoms with Crippen LogP contribution in [0, 0.1) is 5.92 Å². The monoisotopic (exact) mass is 341 g/mol. The fourth-order valence-electron chi connectivity index (χ4n) is 2.53. The Bertz CT molecular complexity index is 456. The number of carboxylic acid groups (broad SMARTS) is 1. The van der Waals surface area contributed by atoms with Gasteiger partial charge in [-0.05, 0) is 46.8 Å². The van der Waals surface area contributed by atoms with E-state index in [2.05, 4.69) is 48.5 Å². The number of aromatic carboxylic acids is 1. The first-order chi connectivity index (χ1) is 9.42. The van der Waals surface area contributed by atoms with Crippen molar-refractivity contribution in [1.29, 1.82) is 0 Å². The van der Waals surface area contributed by atoms with Crippen LogP contribution in [0.25, 0.3) is 0 Å². The molecule has 112 valence electrons. The second-order valence-electron chi connectivity index (χ2n) is 5.46. The van der Waals surface area contributed by atoms with Crippen LogP contribution in [0.2, 0.25) is 0 Å². The van der Waals surface area contributed by atoms with Gasteiger partial charge in [0.25, 0.3) is 0 Å². The third-order valence-electron chi connectivity index (χ3n) is 3.46. The summed E-state index contributed by atoms with van der Waals surface area (Å²) in [4.78, 5) is 13.8. The first-order valence-corrected chi connectivity index (χ1v) is 8.00. The van der Waals surface area contributed by atoms with E-state index in [1.807, 2.05) is 12.1 Å². The van der Waals surface area contributed by atoms with E-state index in [1.54, 1.807) is 6.07 Å². The molecule has 3 nitrogen and oxygen atoms in total. The van der Waals surface area contributed by atoms with E-state index in [0.717, 1.165) is 25.1 Å². The summed E-state index contributed by atoms with van der Waals surface area (Å²) in [5, 5.41) is 9.50. The highest BCUT2D eigenvalue weighted by Gasteiger charge is 2.23. The number of hydrogen-bond donors (Lipinski definition) is 1. The minimum atomic E-state index is -0.882. The van der Waals surface area contributed by atoms with Crippen molar-refractivity contribution in [3.05, 3.63) is 28.2 Å². The van der Waals surface area contributed by atoms with Crippen LogP contribution in [0.1, 0.15) is 50.9 Å². The Morgan fingerprint density at radius 1 is 1.30 bits per heavy atom. The largest absolute Gasteiger partial charge is 0.478 e. The molecule has 0 unspecified atom stereocenters. The fraction of sp³-hybridized carbons (Fsp3) is 0.562. The SMILES string of the molecule is CCC(CC)N(CC(C)C)c1cccc(Br)c1C(=O)O. The molecule has 20 heavy (non-hydrogen) atoms. The Hall–Kier alpha value is -1.03. The summed E-state index contributed by atoms with van der Waals surface area (Å²) in [6, 6.07) is 5.97. The molecule has 0 aliphatic carbocycles. The van der Waals surface area contributed by atoms with Gasteiger partial charge in [0.15, 0.2) is 0 Å². The van der Waals surface area contributed by atoms with Gasteiger partial charge in [0.1, 0.15) is 0 Å². The zero-order chi connectivity index (χ0) is 15.3. The van der Waals surface area contributed by atoms with Crippen molar-refractivity contribution in [3.8, 4) is 0 Å². The summed E-state index contributed by atoms with van der Waals surface area (Å²) in [5.41, 5.74) is 1.18. The van der Waals surface area contributed by atoms with E-state index in [4.69, 9.17) is 0 Å². The number of carboxylic acids is 1. The molecule has 0 atom stereocenters. The zero-order valence-corrected chi connectivity index (χ0v) is 14.3. The predicted molar refractivity (Wildman–Crippen MR) is 87.7 cm³/mol. The van der Waals surface area contributed by atoms with Crippen LogP contribution in [0.4, 0.5) is 5.69 Å². The Kier molecular flexibility index (Phi) is 6.53. The summed E-state index contributed by atoms with van der Waals surface area (Å²) in [6.07, 6.45) is 2.02. The van der Waals surface area contributed by atoms with Crippen molar-refractivity contribution in [3.63, 3.8) is 0 Å². The highest BCUT2D eigenvalue weighted by Crippen LogP contribution is 2.31. The standard InChI is InChI=1S/C16H24BrNO2/c1-5-12(6-2)18(10-11(3)4)14-9-7-8-13(17)15(14)16(19)20/h7-9,11-12H,5-6,10H2,1-4H3,(H,19,20). The van der Waals surface area contributed by atoms with Crippen LogP contribution in [-0.2, 0) is 0 Å². The second kappa shape index (κ2) is 7.67. The summed E-state index contributed by atoms with van der Waals surface area (Å²) < 4.78 is 0.641. The van der Waals surface area contributed by atoms with Gasteiger partial charge >= 0.3 is 5.97 Å². The fourth-order valence-corrected chi connectivity index (χ4v) is 3.06. The first-order valence-electron chi connectivity index (χ1n) is 7.20. The minimum absolute atomic E-state index is 0.361. The predicted octanol–water partition coefficient (Wildman–Crippen LogP) is 4.80. The van der Waals surface area contributed by atoms with Crippen molar-refractivity contribution in [2.75, 3.05) is 11.4 Å². The molecule has 1 aromatic rings. The van der Waals surface area contributed by atoms with Gasteiger partial charge in [-0.2, -0.15) is 0 Å². The van der Waals surface area contributed by atoms with Gasteiger partial charge < -0.3 is 10.0 Å². The van der Waals surface area contributed by atoms with Crippen LogP contribution in [-0.4, -0.2) is 23.7 Å². The maximum Gasteiger partial charge on any atom is 0.338 e. The molecule has 0 saturated heterocycles. The smallest absolute Gasteiger partial charge is 0.338 e. The number of carbonyl (C=O) groups is 1. The molecule has 0 aromatic heterocycles. The summed E-state index contributed by atoms with van der Waals surface area (Å²) in [5.74, 6) is -0.400. The second-order valence-corrected chi connectivity index (χ2v) is 6.31. The normalized spacial score (nSPS) is 11.2. The molecule has 0 fully saturated rings. The van der Waals surface area contributed by atoms with E-state index in [0.29, 0.717) is 22.0 Å². The van der Waals surface area contributed by atoms with Crippen molar-refractivity contribution in [2.24, 2.45) is 5.92 Å². The molecule has 0 bridgehead atoms. The highest BCUT2D eigenvalue weighted by atomic mass is 79.9. The number of rotatable bonds is 7. The molecule has 0 spiro atoms. The van der Waals surface area contributed by atoms with E-state index in [-0.39, 0.29) is 0 Å². The summed E-state index contributed by atoms with van der Waals surface area (Å²) in [6.45, 7) is 9.49. The van der Waals surface area contributed by atoms with E-state index in [1.165, 1.54) is 0 Å². The van der Waals surface area contributed by atoms with Crippen LogP contribution in [0.3, 0.4) is 0 Å². The molecule has 0 heterocycles. The number of anilines is 1. The molecular formula is C16H24BrNO2. The molecule has 0 aliphatic rings. The van der Waals surface area contributed by atoms with E-state index < -0.39 is 5.97 Å². The van der Waals surface area contributed by atoms with Crippen LogP contribution >= 0.6 is 15.9 Å². The Balaban J connectivity index is 3.33. The molecule has 1 N–H and O–H groups in total. The third-order valence-corrected chi connectivity index (χ3v) is 4.12. The average Bonchev–Trinajstić information content (AvgIpc) is 2.37. The number of benzene rings is 1. The van der Waals surface area contributed by atoms with Gasteiger partial charge in [-0.25, -0.2) is 4.79 Å². The topological polar surface area (TPSA) is 40.5 Å². The first kappa shape index (κ1) is 17.0. The van der Waals surface area contributed by atoms with Crippen LogP contribution in [0.15, 0.2) is 22.7 Å². The van der Waals surface area contributed by atoms with E-state index in [9.17, 15) is 9.90 Å². The molecule has 0 radical (unpaired) electrons. The lowest BCUT2D eigenvalue weighted by Gasteiger charge is -2.35. The van der Waals surface area contributed by atoms with Gasteiger partial charge in [0.05, 0.1) is 11.3 Å². The maximum absolute atomic E-state index is 11.6. The number of nitrogens with zero attached hydrogens (tertiary/aromatic N) is 1. The lowest BCUT2D eigenvalue weighted by atomic mass is 10.0. The molecule has 0 amide bonds. The van der Waals surface area contributed by atoms with Crippen LogP contribution in [0.5, 0.6) is 0 Å². The highest BCUT2D eigenvalue weighted by molar-refractivity contribution is 9.10. The maximum atomic E-state index is 11.6. The quantitative estimate of drug-likeness (QED) is 0.774. The van der Waals surface area contributed by atoms with Crippen molar-refractivity contribution >= 4 is 27.6 Å². The minimum Gasteiger partial charge on any atom is -0.478 e. The van der Waals surface area contributed by atoms with Gasteiger partial charge in [0.2, 0.25) is 0 Å². The number of hydrogen-bond acceptors (Lipinski definition) is 2. The Morgan fingerprint density at radius 2 is 1.90 bits per heavy atom. The van der Waals surface area contributed by atoms with Gasteiger partial charge in [0, 0.05) is 17.1 Å². The van der Waals surface area contributed by atoms with Crippen LogP contribution < -0.4 is 4.90 Å². The molecule has 0 saturated carbocycles. The number of halogens is 1. The Labute approximate surface area is 130 Å². The van der Waals surface area contributed by atoms with Gasteiger partial charge in [-0.1, -0.05) is 33.8 Å². The summed E-state index contributed by atoms with van der Waals surface area (Å²) >= 11 is 3.37. The van der Waals surface area contributed by atoms with Crippen molar-refractivity contribution in [2.45, 2.75) is 46.6 Å².